The highest BCUT2D eigenvalue weighted by Gasteiger charge is 2.04. The lowest BCUT2D eigenvalue weighted by atomic mass is 10.1. The Labute approximate surface area is 172 Å². The van der Waals surface area contributed by atoms with Crippen LogP contribution in [0.5, 0.6) is 0 Å². The number of aromatic nitrogens is 2. The zero-order chi connectivity index (χ0) is 21.3. The van der Waals surface area contributed by atoms with Crippen LogP contribution in [-0.2, 0) is 13.0 Å². The van der Waals surface area contributed by atoms with Crippen LogP contribution in [0.1, 0.15) is 72.7 Å². The molecule has 2 heteroatoms. The van der Waals surface area contributed by atoms with Crippen LogP contribution >= 0.6 is 0 Å². The largest absolute Gasteiger partial charge is 0.347 e. The molecular weight excluding hydrogens is 340 g/mol. The van der Waals surface area contributed by atoms with E-state index in [1.54, 1.807) is 0 Å². The predicted molar refractivity (Wildman–Crippen MR) is 127 cm³/mol. The molecule has 0 bridgehead atoms. The van der Waals surface area contributed by atoms with Gasteiger partial charge in [0.05, 0.1) is 0 Å². The fraction of sp³-hybridized carbons (Fsp3) is 0.462. The van der Waals surface area contributed by atoms with Crippen LogP contribution in [0.2, 0.25) is 0 Å². The summed E-state index contributed by atoms with van der Waals surface area (Å²) >= 11 is 0. The Kier molecular flexibility index (Phi) is 9.85. The molecule has 0 saturated carbocycles. The Balaban J connectivity index is 0.000000257. The Hall–Kier alpha value is -2.22. The molecule has 0 amide bonds. The van der Waals surface area contributed by atoms with Gasteiger partial charge in [-0.15, -0.1) is 0 Å². The molecule has 0 spiro atoms. The van der Waals surface area contributed by atoms with Crippen molar-refractivity contribution in [1.82, 2.24) is 9.13 Å². The average molecular weight is 381 g/mol. The maximum atomic E-state index is 2.37. The first-order valence-corrected chi connectivity index (χ1v) is 10.9. The van der Waals surface area contributed by atoms with Crippen molar-refractivity contribution < 1.29 is 0 Å². The number of para-hydroxylation sites is 1. The van der Waals surface area contributed by atoms with E-state index in [0.717, 1.165) is 13.0 Å². The third-order valence-corrected chi connectivity index (χ3v) is 4.99. The van der Waals surface area contributed by atoms with Crippen molar-refractivity contribution in [2.45, 2.75) is 81.3 Å². The second kappa shape index (κ2) is 11.6. The lowest BCUT2D eigenvalue weighted by Crippen LogP contribution is -2.29. The van der Waals surface area contributed by atoms with E-state index in [4.69, 9.17) is 0 Å². The van der Waals surface area contributed by atoms with E-state index in [1.807, 2.05) is 13.8 Å². The smallest absolute Gasteiger partial charge is 0.0483 e. The maximum absolute atomic E-state index is 2.37. The average Bonchev–Trinajstić information content (AvgIpc) is 3.26. The molecule has 28 heavy (non-hydrogen) atoms. The van der Waals surface area contributed by atoms with Crippen molar-refractivity contribution in [2.75, 3.05) is 0 Å². The minimum Gasteiger partial charge on any atom is -0.347 e. The Morgan fingerprint density at radius 1 is 1.00 bits per heavy atom. The molecule has 0 aliphatic carbocycles. The van der Waals surface area contributed by atoms with Gasteiger partial charge < -0.3 is 9.13 Å². The molecule has 2 aromatic heterocycles. The summed E-state index contributed by atoms with van der Waals surface area (Å²) < 4.78 is 4.68. The Morgan fingerprint density at radius 2 is 1.64 bits per heavy atom. The van der Waals surface area contributed by atoms with Gasteiger partial charge in [0, 0.05) is 40.7 Å². The normalized spacial score (nSPS) is 12.1. The first-order chi connectivity index (χ1) is 13.5. The van der Waals surface area contributed by atoms with Crippen molar-refractivity contribution in [3.05, 3.63) is 58.4 Å². The fourth-order valence-corrected chi connectivity index (χ4v) is 3.79. The van der Waals surface area contributed by atoms with Crippen LogP contribution in [0.15, 0.2) is 36.5 Å². The van der Waals surface area contributed by atoms with E-state index < -0.39 is 0 Å². The summed E-state index contributed by atoms with van der Waals surface area (Å²) in [6.07, 6.45) is 7.74. The van der Waals surface area contributed by atoms with E-state index >= 15 is 0 Å². The summed E-state index contributed by atoms with van der Waals surface area (Å²) in [6.45, 7) is 20.3. The topological polar surface area (TPSA) is 9.86 Å². The number of hydrogen-bond donors (Lipinski definition) is 0. The number of benzene rings is 1. The number of fused-ring (bicyclic) bond motifs is 1. The van der Waals surface area contributed by atoms with Gasteiger partial charge in [0.15, 0.2) is 0 Å². The lowest BCUT2D eigenvalue weighted by molar-refractivity contribution is 0.573. The molecule has 2 heterocycles. The van der Waals surface area contributed by atoms with E-state index in [0.29, 0.717) is 6.04 Å². The standard InChI is InChI=1S/C12H15N.C12H19N.C2H6/c1-3-10-9-13(4-2)12-8-6-5-7-11(10)12;1-6-11-8-10(5)13(9(3)4)12(11)7-2;1-2/h5-9H,3-4H2,1-2H3;6-9H,1-5H3;1-2H3/b;11-6-,12-7+;. The fourth-order valence-electron chi connectivity index (χ4n) is 3.79. The quantitative estimate of drug-likeness (QED) is 0.510. The molecule has 154 valence electrons. The molecule has 0 radical (unpaired) electrons. The van der Waals surface area contributed by atoms with Gasteiger partial charge in [-0.25, -0.2) is 0 Å². The minimum absolute atomic E-state index is 0.542. The third-order valence-electron chi connectivity index (χ3n) is 4.99. The zero-order valence-corrected chi connectivity index (χ0v) is 19.5. The van der Waals surface area contributed by atoms with Crippen LogP contribution < -0.4 is 10.6 Å². The summed E-state index contributed by atoms with van der Waals surface area (Å²) in [5, 5.41) is 4.09. The third kappa shape index (κ3) is 5.19. The summed E-state index contributed by atoms with van der Waals surface area (Å²) in [5.74, 6) is 0. The van der Waals surface area contributed by atoms with Crippen LogP contribution in [0.25, 0.3) is 23.1 Å². The SMILES string of the molecule is C/C=c1/cc(C)n(C(C)C)/c1=C/C.CC.CCc1cn(CC)c2ccccc12. The van der Waals surface area contributed by atoms with Crippen molar-refractivity contribution in [1.29, 1.82) is 0 Å². The highest BCUT2D eigenvalue weighted by molar-refractivity contribution is 5.83. The van der Waals surface area contributed by atoms with Gasteiger partial charge in [-0.05, 0) is 70.9 Å². The van der Waals surface area contributed by atoms with Crippen molar-refractivity contribution >= 4 is 23.1 Å². The van der Waals surface area contributed by atoms with Crippen molar-refractivity contribution in [3.8, 4) is 0 Å². The van der Waals surface area contributed by atoms with Gasteiger partial charge in [0.25, 0.3) is 0 Å². The maximum Gasteiger partial charge on any atom is 0.0483 e. The molecule has 0 atom stereocenters. The lowest BCUT2D eigenvalue weighted by Gasteiger charge is -2.10. The first kappa shape index (κ1) is 23.8. The Morgan fingerprint density at radius 3 is 2.14 bits per heavy atom. The van der Waals surface area contributed by atoms with Crippen LogP contribution in [0.3, 0.4) is 0 Å². The Bertz CT molecular complexity index is 930. The van der Waals surface area contributed by atoms with Gasteiger partial charge >= 0.3 is 0 Å². The molecule has 0 saturated heterocycles. The molecule has 2 nitrogen and oxygen atoms in total. The number of nitrogens with zero attached hydrogens (tertiary/aromatic N) is 2. The van der Waals surface area contributed by atoms with E-state index in [2.05, 4.69) is 106 Å². The summed E-state index contributed by atoms with van der Waals surface area (Å²) in [5.41, 5.74) is 4.16. The number of hydrogen-bond acceptors (Lipinski definition) is 0. The zero-order valence-electron chi connectivity index (χ0n) is 19.5. The first-order valence-electron chi connectivity index (χ1n) is 10.9. The molecule has 0 aliphatic rings. The minimum atomic E-state index is 0.542. The van der Waals surface area contributed by atoms with Gasteiger partial charge in [-0.1, -0.05) is 51.1 Å². The second-order valence-corrected chi connectivity index (χ2v) is 6.98. The van der Waals surface area contributed by atoms with Crippen LogP contribution in [-0.4, -0.2) is 9.13 Å². The van der Waals surface area contributed by atoms with Crippen LogP contribution in [0, 0.1) is 6.92 Å². The molecule has 3 rings (SSSR count). The van der Waals surface area contributed by atoms with Gasteiger partial charge in [0.2, 0.25) is 0 Å². The highest BCUT2D eigenvalue weighted by Crippen LogP contribution is 2.21. The van der Waals surface area contributed by atoms with Gasteiger partial charge in [-0.2, -0.15) is 0 Å². The summed E-state index contributed by atoms with van der Waals surface area (Å²) in [7, 11) is 0. The molecule has 3 aromatic rings. The second-order valence-electron chi connectivity index (χ2n) is 6.98. The molecule has 0 aliphatic heterocycles. The molecule has 0 N–H and O–H groups in total. The van der Waals surface area contributed by atoms with Crippen LogP contribution in [0.4, 0.5) is 0 Å². The van der Waals surface area contributed by atoms with Crippen molar-refractivity contribution in [3.63, 3.8) is 0 Å². The summed E-state index contributed by atoms with van der Waals surface area (Å²) in [4.78, 5) is 0. The van der Waals surface area contributed by atoms with E-state index in [-0.39, 0.29) is 0 Å². The van der Waals surface area contributed by atoms with E-state index in [1.165, 1.54) is 32.7 Å². The predicted octanol–water partition coefficient (Wildman–Crippen LogP) is 6.23. The van der Waals surface area contributed by atoms with E-state index in [9.17, 15) is 0 Å². The highest BCUT2D eigenvalue weighted by atomic mass is 15.0. The van der Waals surface area contributed by atoms with Gasteiger partial charge in [0.1, 0.15) is 0 Å². The summed E-state index contributed by atoms with van der Waals surface area (Å²) in [6, 6.07) is 11.4. The molecular formula is C26H40N2. The molecule has 1 aromatic carbocycles. The number of aryl methyl sites for hydroxylation is 3. The monoisotopic (exact) mass is 380 g/mol. The molecule has 0 unspecified atom stereocenters. The number of rotatable bonds is 3. The molecule has 0 fully saturated rings. The van der Waals surface area contributed by atoms with Crippen molar-refractivity contribution in [2.24, 2.45) is 0 Å². The van der Waals surface area contributed by atoms with Gasteiger partial charge in [-0.3, -0.25) is 0 Å².